The fraction of sp³-hybridized carbons (Fsp3) is 0.333. The monoisotopic (exact) mass is 367 g/mol. The number of amides is 1. The second-order valence-electron chi connectivity index (χ2n) is 6.13. The molecule has 6 heteroatoms. The van der Waals surface area contributed by atoms with Gasteiger partial charge >= 0.3 is 0 Å². The molecule has 0 unspecified atom stereocenters. The average Bonchev–Trinajstić information content (AvgIpc) is 3.01. The molecule has 0 atom stereocenters. The maximum Gasteiger partial charge on any atom is 0.216 e. The zero-order valence-electron chi connectivity index (χ0n) is 15.8. The Kier molecular flexibility index (Phi) is 6.30. The van der Waals surface area contributed by atoms with E-state index in [1.807, 2.05) is 49.4 Å². The van der Waals surface area contributed by atoms with Crippen LogP contribution in [-0.2, 0) is 17.8 Å². The van der Waals surface area contributed by atoms with Gasteiger partial charge in [-0.25, -0.2) is 4.98 Å². The van der Waals surface area contributed by atoms with E-state index < -0.39 is 0 Å². The van der Waals surface area contributed by atoms with Crippen molar-refractivity contribution in [2.75, 3.05) is 19.8 Å². The molecule has 3 rings (SSSR count). The van der Waals surface area contributed by atoms with E-state index in [-0.39, 0.29) is 5.91 Å². The Labute approximate surface area is 159 Å². The minimum absolute atomic E-state index is 0.0338. The first-order valence-corrected chi connectivity index (χ1v) is 9.22. The molecule has 0 radical (unpaired) electrons. The Morgan fingerprint density at radius 3 is 2.52 bits per heavy atom. The molecule has 0 aliphatic carbocycles. The second kappa shape index (κ2) is 9.07. The van der Waals surface area contributed by atoms with Crippen LogP contribution in [0.5, 0.6) is 11.5 Å². The standard InChI is InChI=1S/C21H25N3O3/c1-3-26-19-10-6-7-11-20(19)27-15-14-24-18-9-5-4-8-17(18)23-21(24)12-13-22-16(2)25/h4-11H,3,12-15H2,1-2H3,(H,22,25). The smallest absolute Gasteiger partial charge is 0.216 e. The number of hydrogen-bond donors (Lipinski definition) is 1. The average molecular weight is 367 g/mol. The van der Waals surface area contributed by atoms with Gasteiger partial charge in [-0.3, -0.25) is 4.79 Å². The molecule has 2 aromatic carbocycles. The minimum Gasteiger partial charge on any atom is -0.490 e. The van der Waals surface area contributed by atoms with Crippen LogP contribution in [0.1, 0.15) is 19.7 Å². The summed E-state index contributed by atoms with van der Waals surface area (Å²) in [6, 6.07) is 15.7. The molecule has 1 heterocycles. The van der Waals surface area contributed by atoms with Gasteiger partial charge in [-0.2, -0.15) is 0 Å². The number of para-hydroxylation sites is 4. The molecule has 6 nitrogen and oxygen atoms in total. The summed E-state index contributed by atoms with van der Waals surface area (Å²) in [5, 5.41) is 2.83. The zero-order valence-corrected chi connectivity index (χ0v) is 15.8. The summed E-state index contributed by atoms with van der Waals surface area (Å²) in [6.07, 6.45) is 0.670. The van der Waals surface area contributed by atoms with Gasteiger partial charge in [-0.15, -0.1) is 0 Å². The Morgan fingerprint density at radius 1 is 1.07 bits per heavy atom. The zero-order chi connectivity index (χ0) is 19.1. The highest BCUT2D eigenvalue weighted by atomic mass is 16.5. The highest BCUT2D eigenvalue weighted by molar-refractivity contribution is 5.76. The van der Waals surface area contributed by atoms with Crippen molar-refractivity contribution in [3.8, 4) is 11.5 Å². The van der Waals surface area contributed by atoms with E-state index in [0.29, 0.717) is 32.7 Å². The summed E-state index contributed by atoms with van der Waals surface area (Å²) in [6.45, 7) is 5.79. The van der Waals surface area contributed by atoms with Crippen LogP contribution in [0.2, 0.25) is 0 Å². The number of aromatic nitrogens is 2. The lowest BCUT2D eigenvalue weighted by molar-refractivity contribution is -0.118. The highest BCUT2D eigenvalue weighted by Gasteiger charge is 2.11. The quantitative estimate of drug-likeness (QED) is 0.631. The third-order valence-corrected chi connectivity index (χ3v) is 4.18. The highest BCUT2D eigenvalue weighted by Crippen LogP contribution is 2.26. The SMILES string of the molecule is CCOc1ccccc1OCCn1c(CCNC(C)=O)nc2ccccc21. The first-order chi connectivity index (χ1) is 13.2. The number of carbonyl (C=O) groups is 1. The first-order valence-electron chi connectivity index (χ1n) is 9.22. The fourth-order valence-corrected chi connectivity index (χ4v) is 3.01. The van der Waals surface area contributed by atoms with E-state index in [4.69, 9.17) is 14.5 Å². The number of imidazole rings is 1. The molecule has 1 N–H and O–H groups in total. The van der Waals surface area contributed by atoms with Crippen molar-refractivity contribution in [2.45, 2.75) is 26.8 Å². The van der Waals surface area contributed by atoms with E-state index >= 15 is 0 Å². The van der Waals surface area contributed by atoms with Crippen molar-refractivity contribution in [3.63, 3.8) is 0 Å². The molecule has 142 valence electrons. The van der Waals surface area contributed by atoms with Crippen molar-refractivity contribution in [1.82, 2.24) is 14.9 Å². The molecule has 0 saturated carbocycles. The van der Waals surface area contributed by atoms with Crippen LogP contribution < -0.4 is 14.8 Å². The van der Waals surface area contributed by atoms with E-state index in [1.54, 1.807) is 0 Å². The molecule has 0 fully saturated rings. The Balaban J connectivity index is 1.72. The summed E-state index contributed by atoms with van der Waals surface area (Å²) in [4.78, 5) is 15.8. The predicted molar refractivity (Wildman–Crippen MR) is 105 cm³/mol. The van der Waals surface area contributed by atoms with Crippen LogP contribution in [0.15, 0.2) is 48.5 Å². The molecule has 0 saturated heterocycles. The summed E-state index contributed by atoms with van der Waals surface area (Å²) in [5.41, 5.74) is 2.02. The number of rotatable bonds is 9. The molecule has 0 aliphatic heterocycles. The summed E-state index contributed by atoms with van der Waals surface area (Å²) in [5.74, 6) is 2.39. The normalized spacial score (nSPS) is 10.7. The van der Waals surface area contributed by atoms with Gasteiger partial charge in [0.2, 0.25) is 5.91 Å². The Hall–Kier alpha value is -3.02. The first kappa shape index (κ1) is 18.8. The molecule has 0 bridgehead atoms. The van der Waals surface area contributed by atoms with Gasteiger partial charge in [0.05, 0.1) is 24.2 Å². The lowest BCUT2D eigenvalue weighted by Crippen LogP contribution is -2.24. The molecule has 0 spiro atoms. The van der Waals surface area contributed by atoms with Crippen molar-refractivity contribution in [3.05, 3.63) is 54.4 Å². The minimum atomic E-state index is -0.0338. The lowest BCUT2D eigenvalue weighted by Gasteiger charge is -2.13. The Bertz CT molecular complexity index is 905. The van der Waals surface area contributed by atoms with Gasteiger partial charge in [0.1, 0.15) is 12.4 Å². The van der Waals surface area contributed by atoms with E-state index in [9.17, 15) is 4.79 Å². The molecular formula is C21H25N3O3. The van der Waals surface area contributed by atoms with Crippen molar-refractivity contribution in [2.24, 2.45) is 0 Å². The molecule has 27 heavy (non-hydrogen) atoms. The van der Waals surface area contributed by atoms with E-state index in [1.165, 1.54) is 6.92 Å². The van der Waals surface area contributed by atoms with Gasteiger partial charge < -0.3 is 19.4 Å². The van der Waals surface area contributed by atoms with Gasteiger partial charge in [-0.05, 0) is 31.2 Å². The van der Waals surface area contributed by atoms with Gasteiger partial charge in [-0.1, -0.05) is 24.3 Å². The number of ether oxygens (including phenoxy) is 2. The largest absolute Gasteiger partial charge is 0.490 e. The van der Waals surface area contributed by atoms with Gasteiger partial charge in [0.25, 0.3) is 0 Å². The molecule has 1 amide bonds. The van der Waals surface area contributed by atoms with Crippen LogP contribution in [0.4, 0.5) is 0 Å². The summed E-state index contributed by atoms with van der Waals surface area (Å²) in [7, 11) is 0. The van der Waals surface area contributed by atoms with Crippen molar-refractivity contribution >= 4 is 16.9 Å². The van der Waals surface area contributed by atoms with E-state index in [0.717, 1.165) is 28.4 Å². The van der Waals surface area contributed by atoms with E-state index in [2.05, 4.69) is 16.0 Å². The number of hydrogen-bond acceptors (Lipinski definition) is 4. The van der Waals surface area contributed by atoms with Crippen molar-refractivity contribution < 1.29 is 14.3 Å². The van der Waals surface area contributed by atoms with Crippen LogP contribution in [-0.4, -0.2) is 35.2 Å². The van der Waals surface area contributed by atoms with Crippen molar-refractivity contribution in [1.29, 1.82) is 0 Å². The predicted octanol–water partition coefficient (Wildman–Crippen LogP) is 3.19. The molecule has 3 aromatic rings. The van der Waals surface area contributed by atoms with Crippen LogP contribution in [0, 0.1) is 0 Å². The molecule has 1 aromatic heterocycles. The lowest BCUT2D eigenvalue weighted by atomic mass is 10.3. The van der Waals surface area contributed by atoms with Crippen LogP contribution >= 0.6 is 0 Å². The van der Waals surface area contributed by atoms with Gasteiger partial charge in [0.15, 0.2) is 11.5 Å². The summed E-state index contributed by atoms with van der Waals surface area (Å²) >= 11 is 0. The number of fused-ring (bicyclic) bond motifs is 1. The Morgan fingerprint density at radius 2 is 1.78 bits per heavy atom. The number of nitrogens with zero attached hydrogens (tertiary/aromatic N) is 2. The topological polar surface area (TPSA) is 65.4 Å². The molecular weight excluding hydrogens is 342 g/mol. The fourth-order valence-electron chi connectivity index (χ4n) is 3.01. The maximum absolute atomic E-state index is 11.1. The third kappa shape index (κ3) is 4.78. The van der Waals surface area contributed by atoms with Gasteiger partial charge in [0, 0.05) is 19.9 Å². The van der Waals surface area contributed by atoms with Crippen LogP contribution in [0.3, 0.4) is 0 Å². The van der Waals surface area contributed by atoms with Crippen LogP contribution in [0.25, 0.3) is 11.0 Å². The summed E-state index contributed by atoms with van der Waals surface area (Å²) < 4.78 is 13.7. The number of benzene rings is 2. The third-order valence-electron chi connectivity index (χ3n) is 4.18. The molecule has 0 aliphatic rings. The second-order valence-corrected chi connectivity index (χ2v) is 6.13. The number of carbonyl (C=O) groups excluding carboxylic acids is 1. The number of nitrogens with one attached hydrogen (secondary N) is 1. The maximum atomic E-state index is 11.1.